The van der Waals surface area contributed by atoms with Crippen LogP contribution in [0.25, 0.3) is 6.08 Å². The van der Waals surface area contributed by atoms with E-state index in [1.807, 2.05) is 25.1 Å². The standard InChI is InChI=1S/C23H28N4O2.ClH/c1-15-8-16(2)20(17(3)9-15)13-27(5)22(29)7-6-18-10-19-12-26(4)14-21(28)25-23(19)24-11-18;/h6-11H,12-14H2,1-5H3,(H,24,25,28);1H. The van der Waals surface area contributed by atoms with Crippen molar-refractivity contribution in [3.63, 3.8) is 0 Å². The van der Waals surface area contributed by atoms with E-state index in [9.17, 15) is 9.59 Å². The number of rotatable bonds is 4. The van der Waals surface area contributed by atoms with Crippen LogP contribution in [0.4, 0.5) is 5.82 Å². The van der Waals surface area contributed by atoms with Crippen molar-refractivity contribution in [2.75, 3.05) is 26.0 Å². The van der Waals surface area contributed by atoms with Gasteiger partial charge in [0.15, 0.2) is 0 Å². The predicted molar refractivity (Wildman–Crippen MR) is 123 cm³/mol. The predicted octanol–water partition coefficient (Wildman–Crippen LogP) is 3.48. The fourth-order valence-corrected chi connectivity index (χ4v) is 3.69. The van der Waals surface area contributed by atoms with Gasteiger partial charge in [0.25, 0.3) is 0 Å². The number of aryl methyl sites for hydroxylation is 3. The van der Waals surface area contributed by atoms with Crippen LogP contribution in [0.1, 0.15) is 33.4 Å². The Balaban J connectivity index is 0.00000320. The fourth-order valence-electron chi connectivity index (χ4n) is 3.69. The summed E-state index contributed by atoms with van der Waals surface area (Å²) < 4.78 is 0. The molecule has 1 aliphatic heterocycles. The number of halogens is 1. The van der Waals surface area contributed by atoms with Crippen LogP contribution in [0.15, 0.2) is 30.5 Å². The molecule has 6 nitrogen and oxygen atoms in total. The zero-order valence-electron chi connectivity index (χ0n) is 18.2. The topological polar surface area (TPSA) is 65.5 Å². The highest BCUT2D eigenvalue weighted by Crippen LogP contribution is 2.20. The van der Waals surface area contributed by atoms with E-state index >= 15 is 0 Å². The van der Waals surface area contributed by atoms with E-state index in [2.05, 4.69) is 43.2 Å². The van der Waals surface area contributed by atoms with Gasteiger partial charge in [-0.15, -0.1) is 12.4 Å². The molecule has 160 valence electrons. The van der Waals surface area contributed by atoms with Crippen LogP contribution in [0, 0.1) is 20.8 Å². The molecule has 0 saturated carbocycles. The highest BCUT2D eigenvalue weighted by Gasteiger charge is 2.17. The van der Waals surface area contributed by atoms with Crippen molar-refractivity contribution >= 4 is 36.1 Å². The van der Waals surface area contributed by atoms with Gasteiger partial charge in [0.1, 0.15) is 5.82 Å². The number of benzene rings is 1. The largest absolute Gasteiger partial charge is 0.338 e. The number of pyridine rings is 1. The molecule has 0 radical (unpaired) electrons. The van der Waals surface area contributed by atoms with Crippen LogP contribution in [0.2, 0.25) is 0 Å². The maximum absolute atomic E-state index is 12.6. The van der Waals surface area contributed by atoms with Crippen molar-refractivity contribution in [3.8, 4) is 0 Å². The van der Waals surface area contributed by atoms with Crippen LogP contribution < -0.4 is 5.32 Å². The van der Waals surface area contributed by atoms with Gasteiger partial charge >= 0.3 is 0 Å². The first kappa shape index (κ1) is 23.6. The smallest absolute Gasteiger partial charge is 0.246 e. The monoisotopic (exact) mass is 428 g/mol. The second kappa shape index (κ2) is 9.87. The average Bonchev–Trinajstić information content (AvgIpc) is 2.78. The second-order valence-electron chi connectivity index (χ2n) is 7.90. The molecule has 1 aliphatic rings. The van der Waals surface area contributed by atoms with Gasteiger partial charge in [-0.25, -0.2) is 4.98 Å². The Morgan fingerprint density at radius 3 is 2.53 bits per heavy atom. The zero-order chi connectivity index (χ0) is 21.1. The maximum atomic E-state index is 12.6. The van der Waals surface area contributed by atoms with E-state index < -0.39 is 0 Å². The lowest BCUT2D eigenvalue weighted by molar-refractivity contribution is -0.125. The number of fused-ring (bicyclic) bond motifs is 1. The molecule has 0 bridgehead atoms. The third-order valence-electron chi connectivity index (χ3n) is 5.13. The normalized spacial score (nSPS) is 14.0. The minimum Gasteiger partial charge on any atom is -0.338 e. The summed E-state index contributed by atoms with van der Waals surface area (Å²) in [7, 11) is 3.70. The van der Waals surface area contributed by atoms with Gasteiger partial charge < -0.3 is 10.2 Å². The summed E-state index contributed by atoms with van der Waals surface area (Å²) in [5.41, 5.74) is 6.59. The Morgan fingerprint density at radius 1 is 1.20 bits per heavy atom. The highest BCUT2D eigenvalue weighted by atomic mass is 35.5. The Bertz CT molecular complexity index is 964. The molecule has 2 heterocycles. The molecule has 1 aromatic carbocycles. The number of nitrogens with one attached hydrogen (secondary N) is 1. The highest BCUT2D eigenvalue weighted by molar-refractivity contribution is 5.93. The minimum absolute atomic E-state index is 0. The van der Waals surface area contributed by atoms with E-state index in [-0.39, 0.29) is 24.2 Å². The molecule has 2 amide bonds. The van der Waals surface area contributed by atoms with Gasteiger partial charge in [0, 0.05) is 38.0 Å². The Labute approximate surface area is 184 Å². The number of carbonyl (C=O) groups excluding carboxylic acids is 2. The van der Waals surface area contributed by atoms with Crippen molar-refractivity contribution in [2.45, 2.75) is 33.9 Å². The van der Waals surface area contributed by atoms with Gasteiger partial charge in [-0.2, -0.15) is 0 Å². The fraction of sp³-hybridized carbons (Fsp3) is 0.348. The van der Waals surface area contributed by atoms with Gasteiger partial charge in [-0.05, 0) is 62.2 Å². The Hall–Kier alpha value is -2.70. The first-order valence-electron chi connectivity index (χ1n) is 9.70. The van der Waals surface area contributed by atoms with Crippen LogP contribution in [-0.4, -0.2) is 47.2 Å². The number of aromatic nitrogens is 1. The van der Waals surface area contributed by atoms with Crippen molar-refractivity contribution in [1.29, 1.82) is 0 Å². The lowest BCUT2D eigenvalue weighted by Gasteiger charge is -2.19. The van der Waals surface area contributed by atoms with Gasteiger partial charge in [-0.3, -0.25) is 14.5 Å². The number of amides is 2. The lowest BCUT2D eigenvalue weighted by atomic mass is 9.99. The van der Waals surface area contributed by atoms with Crippen molar-refractivity contribution in [3.05, 3.63) is 63.9 Å². The third kappa shape index (κ3) is 5.68. The maximum Gasteiger partial charge on any atom is 0.246 e. The number of hydrogen-bond donors (Lipinski definition) is 1. The van der Waals surface area contributed by atoms with Crippen LogP contribution >= 0.6 is 12.4 Å². The first-order chi connectivity index (χ1) is 13.7. The average molecular weight is 429 g/mol. The summed E-state index contributed by atoms with van der Waals surface area (Å²) in [5, 5.41) is 2.81. The van der Waals surface area contributed by atoms with Crippen LogP contribution in [-0.2, 0) is 22.7 Å². The summed E-state index contributed by atoms with van der Waals surface area (Å²) in [5.74, 6) is 0.454. The molecule has 1 aromatic heterocycles. The third-order valence-corrected chi connectivity index (χ3v) is 5.13. The van der Waals surface area contributed by atoms with Gasteiger partial charge in [-0.1, -0.05) is 17.7 Å². The van der Waals surface area contributed by atoms with Crippen molar-refractivity contribution < 1.29 is 9.59 Å². The summed E-state index contributed by atoms with van der Waals surface area (Å²) >= 11 is 0. The zero-order valence-corrected chi connectivity index (χ0v) is 19.0. The summed E-state index contributed by atoms with van der Waals surface area (Å²) in [6.45, 7) is 7.78. The van der Waals surface area contributed by atoms with Crippen LogP contribution in [0.3, 0.4) is 0 Å². The SMILES string of the molecule is Cc1cc(C)c(CN(C)C(=O)C=Cc2cnc3c(c2)CN(C)CC(=O)N3)c(C)c1.Cl. The number of carbonyl (C=O) groups is 2. The number of anilines is 1. The molecule has 0 saturated heterocycles. The Morgan fingerprint density at radius 2 is 1.87 bits per heavy atom. The van der Waals surface area contributed by atoms with Crippen molar-refractivity contribution in [2.24, 2.45) is 0 Å². The summed E-state index contributed by atoms with van der Waals surface area (Å²) in [6.07, 6.45) is 5.01. The van der Waals surface area contributed by atoms with E-state index in [0.29, 0.717) is 25.5 Å². The molecule has 7 heteroatoms. The van der Waals surface area contributed by atoms with Crippen molar-refractivity contribution in [1.82, 2.24) is 14.8 Å². The second-order valence-corrected chi connectivity index (χ2v) is 7.90. The molecule has 0 fully saturated rings. The van der Waals surface area contributed by atoms with Gasteiger partial charge in [0.05, 0.1) is 6.54 Å². The first-order valence-corrected chi connectivity index (χ1v) is 9.70. The number of nitrogens with zero attached hydrogens (tertiary/aromatic N) is 3. The molecular weight excluding hydrogens is 400 g/mol. The molecule has 0 atom stereocenters. The molecule has 0 spiro atoms. The van der Waals surface area contributed by atoms with E-state index in [0.717, 1.165) is 11.1 Å². The summed E-state index contributed by atoms with van der Waals surface area (Å²) in [4.78, 5) is 32.4. The lowest BCUT2D eigenvalue weighted by Crippen LogP contribution is -2.26. The molecule has 0 aliphatic carbocycles. The molecule has 3 rings (SSSR count). The van der Waals surface area contributed by atoms with E-state index in [1.165, 1.54) is 22.3 Å². The quantitative estimate of drug-likeness (QED) is 0.757. The van der Waals surface area contributed by atoms with E-state index in [4.69, 9.17) is 0 Å². The number of likely N-dealkylation sites (N-methyl/N-ethyl adjacent to an activating group) is 2. The molecule has 30 heavy (non-hydrogen) atoms. The van der Waals surface area contributed by atoms with Crippen LogP contribution in [0.5, 0.6) is 0 Å². The number of hydrogen-bond acceptors (Lipinski definition) is 4. The molecule has 0 unspecified atom stereocenters. The minimum atomic E-state index is -0.0689. The van der Waals surface area contributed by atoms with Gasteiger partial charge in [0.2, 0.25) is 11.8 Å². The van der Waals surface area contributed by atoms with E-state index in [1.54, 1.807) is 23.2 Å². The molecule has 2 aromatic rings. The molecular formula is C23H29ClN4O2. The summed E-state index contributed by atoms with van der Waals surface area (Å²) in [6, 6.07) is 6.25. The molecule has 1 N–H and O–H groups in total. The Kier molecular flexibility index (Phi) is 7.76.